The van der Waals surface area contributed by atoms with Gasteiger partial charge in [0, 0.05) is 13.1 Å². The van der Waals surface area contributed by atoms with Crippen LogP contribution in [0.25, 0.3) is 0 Å². The number of hydrogen-bond acceptors (Lipinski definition) is 3. The van der Waals surface area contributed by atoms with Gasteiger partial charge in [-0.25, -0.2) is 0 Å². The molecule has 94 valence electrons. The van der Waals surface area contributed by atoms with Gasteiger partial charge in [0.2, 0.25) is 11.8 Å². The molecule has 0 radical (unpaired) electrons. The molecule has 2 saturated carbocycles. The van der Waals surface area contributed by atoms with E-state index in [-0.39, 0.29) is 24.4 Å². The van der Waals surface area contributed by atoms with Crippen LogP contribution in [0, 0.1) is 11.3 Å². The summed E-state index contributed by atoms with van der Waals surface area (Å²) >= 11 is 0. The Morgan fingerprint density at radius 3 is 2.71 bits per heavy atom. The molecule has 0 bridgehead atoms. The normalized spacial score (nSPS) is 30.6. The lowest BCUT2D eigenvalue weighted by Crippen LogP contribution is -2.58. The molecule has 1 atom stereocenters. The van der Waals surface area contributed by atoms with Crippen molar-refractivity contribution in [2.75, 3.05) is 19.6 Å². The summed E-state index contributed by atoms with van der Waals surface area (Å²) in [7, 11) is 0. The van der Waals surface area contributed by atoms with Crippen LogP contribution in [0.2, 0.25) is 0 Å². The lowest BCUT2D eigenvalue weighted by molar-refractivity contribution is -0.126. The highest BCUT2D eigenvalue weighted by Crippen LogP contribution is 2.60. The van der Waals surface area contributed by atoms with E-state index >= 15 is 0 Å². The van der Waals surface area contributed by atoms with Crippen LogP contribution >= 0.6 is 0 Å². The Labute approximate surface area is 101 Å². The quantitative estimate of drug-likeness (QED) is 0.610. The van der Waals surface area contributed by atoms with Gasteiger partial charge in [-0.15, -0.1) is 0 Å². The van der Waals surface area contributed by atoms with Crippen molar-refractivity contribution in [3.8, 4) is 0 Å². The maximum absolute atomic E-state index is 11.9. The molecule has 1 saturated heterocycles. The van der Waals surface area contributed by atoms with E-state index in [1.54, 1.807) is 0 Å². The lowest BCUT2D eigenvalue weighted by atomic mass is 10.0. The molecular formula is C12H19N3O2. The zero-order valence-electron chi connectivity index (χ0n) is 9.92. The van der Waals surface area contributed by atoms with E-state index in [1.807, 2.05) is 0 Å². The van der Waals surface area contributed by atoms with E-state index in [9.17, 15) is 9.59 Å². The van der Waals surface area contributed by atoms with Crippen molar-refractivity contribution >= 4 is 11.8 Å². The largest absolute Gasteiger partial charge is 0.354 e. The Kier molecular flexibility index (Phi) is 2.58. The van der Waals surface area contributed by atoms with Crippen LogP contribution in [-0.2, 0) is 9.59 Å². The fraction of sp³-hybridized carbons (Fsp3) is 0.833. The third-order valence-electron chi connectivity index (χ3n) is 4.28. The Bertz CT molecular complexity index is 338. The number of piperazine rings is 1. The molecule has 2 amide bonds. The second kappa shape index (κ2) is 3.98. The summed E-state index contributed by atoms with van der Waals surface area (Å²) in [5.41, 5.74) is 0.438. The van der Waals surface area contributed by atoms with E-state index in [0.717, 1.165) is 12.5 Å². The second-order valence-corrected chi connectivity index (χ2v) is 5.59. The summed E-state index contributed by atoms with van der Waals surface area (Å²) in [4.78, 5) is 22.8. The molecule has 3 N–H and O–H groups in total. The number of carbonyl (C=O) groups is 2. The van der Waals surface area contributed by atoms with Gasteiger partial charge in [0.15, 0.2) is 0 Å². The highest BCUT2D eigenvalue weighted by Gasteiger charge is 2.53. The number of amides is 2. The van der Waals surface area contributed by atoms with Gasteiger partial charge in [-0.2, -0.15) is 0 Å². The minimum Gasteiger partial charge on any atom is -0.354 e. The molecule has 0 aromatic carbocycles. The van der Waals surface area contributed by atoms with Gasteiger partial charge < -0.3 is 10.6 Å². The van der Waals surface area contributed by atoms with E-state index in [2.05, 4.69) is 16.0 Å². The van der Waals surface area contributed by atoms with Crippen LogP contribution in [0.3, 0.4) is 0 Å². The highest BCUT2D eigenvalue weighted by atomic mass is 16.2. The third-order valence-corrected chi connectivity index (χ3v) is 4.28. The van der Waals surface area contributed by atoms with E-state index in [4.69, 9.17) is 0 Å². The Hall–Kier alpha value is -1.10. The van der Waals surface area contributed by atoms with Crippen LogP contribution in [0.15, 0.2) is 0 Å². The minimum absolute atomic E-state index is 0.0249. The van der Waals surface area contributed by atoms with Crippen molar-refractivity contribution < 1.29 is 9.59 Å². The first-order chi connectivity index (χ1) is 8.20. The third kappa shape index (κ3) is 2.29. The Morgan fingerprint density at radius 1 is 1.41 bits per heavy atom. The van der Waals surface area contributed by atoms with Gasteiger partial charge in [-0.05, 0) is 37.0 Å². The molecule has 3 aliphatic rings. The van der Waals surface area contributed by atoms with Crippen LogP contribution in [0.4, 0.5) is 0 Å². The molecule has 3 fully saturated rings. The van der Waals surface area contributed by atoms with E-state index < -0.39 is 0 Å². The number of rotatable bonds is 4. The van der Waals surface area contributed by atoms with Crippen molar-refractivity contribution in [1.82, 2.24) is 16.0 Å². The topological polar surface area (TPSA) is 70.2 Å². The maximum atomic E-state index is 11.9. The zero-order chi connectivity index (χ0) is 11.9. The molecule has 0 aromatic heterocycles. The zero-order valence-corrected chi connectivity index (χ0v) is 9.92. The second-order valence-electron chi connectivity index (χ2n) is 5.59. The number of hydrogen-bond donors (Lipinski definition) is 3. The molecule has 1 heterocycles. The summed E-state index contributed by atoms with van der Waals surface area (Å²) in [6.07, 6.45) is 5.22. The molecule has 0 aromatic rings. The van der Waals surface area contributed by atoms with E-state index in [1.165, 1.54) is 25.7 Å². The monoisotopic (exact) mass is 237 g/mol. The predicted octanol–water partition coefficient (Wildman–Crippen LogP) is -0.619. The SMILES string of the molecule is O=C1CNC(C(=O)NCC2(C3CC3)CC2)CN1. The van der Waals surface area contributed by atoms with Gasteiger partial charge >= 0.3 is 0 Å². The number of carbonyl (C=O) groups excluding carboxylic acids is 2. The Morgan fingerprint density at radius 2 is 2.18 bits per heavy atom. The Balaban J connectivity index is 1.45. The smallest absolute Gasteiger partial charge is 0.238 e. The summed E-state index contributed by atoms with van der Waals surface area (Å²) < 4.78 is 0. The molecule has 5 heteroatoms. The van der Waals surface area contributed by atoms with Crippen molar-refractivity contribution in [1.29, 1.82) is 0 Å². The van der Waals surface area contributed by atoms with Crippen molar-refractivity contribution in [2.45, 2.75) is 31.7 Å². The van der Waals surface area contributed by atoms with E-state index in [0.29, 0.717) is 12.0 Å². The maximum Gasteiger partial charge on any atom is 0.238 e. The van der Waals surface area contributed by atoms with Gasteiger partial charge in [-0.1, -0.05) is 0 Å². The summed E-state index contributed by atoms with van der Waals surface area (Å²) in [6.45, 7) is 1.47. The lowest BCUT2D eigenvalue weighted by Gasteiger charge is -2.24. The average molecular weight is 237 g/mol. The molecular weight excluding hydrogens is 218 g/mol. The van der Waals surface area contributed by atoms with Gasteiger partial charge in [-0.3, -0.25) is 14.9 Å². The fourth-order valence-corrected chi connectivity index (χ4v) is 2.72. The highest BCUT2D eigenvalue weighted by molar-refractivity contribution is 5.86. The van der Waals surface area contributed by atoms with Crippen molar-refractivity contribution in [3.63, 3.8) is 0 Å². The molecule has 0 spiro atoms. The molecule has 1 aliphatic heterocycles. The first-order valence-corrected chi connectivity index (χ1v) is 6.47. The first kappa shape index (κ1) is 11.0. The average Bonchev–Trinajstić information content (AvgIpc) is 3.17. The van der Waals surface area contributed by atoms with Gasteiger partial charge in [0.25, 0.3) is 0 Å². The fourth-order valence-electron chi connectivity index (χ4n) is 2.72. The molecule has 2 aliphatic carbocycles. The van der Waals surface area contributed by atoms with Crippen molar-refractivity contribution in [2.24, 2.45) is 11.3 Å². The van der Waals surface area contributed by atoms with Gasteiger partial charge in [0.1, 0.15) is 6.04 Å². The van der Waals surface area contributed by atoms with Gasteiger partial charge in [0.05, 0.1) is 6.54 Å². The predicted molar refractivity (Wildman–Crippen MR) is 62.2 cm³/mol. The van der Waals surface area contributed by atoms with Crippen LogP contribution in [-0.4, -0.2) is 37.5 Å². The standard InChI is InChI=1S/C12H19N3O2/c16-10-6-13-9(5-14-10)11(17)15-7-12(3-4-12)8-1-2-8/h8-9,13H,1-7H2,(H,14,16)(H,15,17). The molecule has 3 rings (SSSR count). The molecule has 1 unspecified atom stereocenters. The molecule has 17 heavy (non-hydrogen) atoms. The first-order valence-electron chi connectivity index (χ1n) is 6.47. The van der Waals surface area contributed by atoms with Crippen LogP contribution in [0.1, 0.15) is 25.7 Å². The number of nitrogens with one attached hydrogen (secondary N) is 3. The summed E-state index contributed by atoms with van der Waals surface area (Å²) in [5, 5.41) is 8.68. The van der Waals surface area contributed by atoms with Crippen LogP contribution in [0.5, 0.6) is 0 Å². The molecule has 5 nitrogen and oxygen atoms in total. The summed E-state index contributed by atoms with van der Waals surface area (Å²) in [5.74, 6) is 0.851. The summed E-state index contributed by atoms with van der Waals surface area (Å²) in [6, 6.07) is -0.261. The van der Waals surface area contributed by atoms with Crippen molar-refractivity contribution in [3.05, 3.63) is 0 Å². The van der Waals surface area contributed by atoms with Crippen LogP contribution < -0.4 is 16.0 Å². The minimum atomic E-state index is -0.261.